The van der Waals surface area contributed by atoms with Crippen LogP contribution in [-0.2, 0) is 7.05 Å². The van der Waals surface area contributed by atoms with Crippen LogP contribution in [0.3, 0.4) is 0 Å². The first-order valence-electron chi connectivity index (χ1n) is 11.4. The molecule has 5 rings (SSSR count). The molecule has 0 aliphatic carbocycles. The average Bonchev–Trinajstić information content (AvgIpc) is 3.47. The van der Waals surface area contributed by atoms with Crippen molar-refractivity contribution in [3.05, 3.63) is 71.4 Å². The van der Waals surface area contributed by atoms with Crippen molar-refractivity contribution in [1.82, 2.24) is 19.7 Å². The lowest BCUT2D eigenvalue weighted by molar-refractivity contribution is 0.0737. The van der Waals surface area contributed by atoms with Crippen molar-refractivity contribution in [2.75, 3.05) is 20.8 Å². The van der Waals surface area contributed by atoms with Gasteiger partial charge < -0.3 is 14.4 Å². The minimum Gasteiger partial charge on any atom is -0.493 e. The molecule has 1 saturated heterocycles. The van der Waals surface area contributed by atoms with E-state index >= 15 is 0 Å². The lowest BCUT2D eigenvalue weighted by Gasteiger charge is -2.26. The smallest absolute Gasteiger partial charge is 0.255 e. The number of aromatic nitrogens is 3. The number of likely N-dealkylation sites (tertiary alicyclic amines) is 1. The number of aryl methyl sites for hydroxylation is 2. The zero-order valence-corrected chi connectivity index (χ0v) is 19.9. The molecule has 7 nitrogen and oxygen atoms in total. The van der Waals surface area contributed by atoms with Crippen LogP contribution in [0.5, 0.6) is 11.5 Å². The van der Waals surface area contributed by atoms with Crippen LogP contribution in [-0.4, -0.2) is 46.3 Å². The fourth-order valence-electron chi connectivity index (χ4n) is 4.94. The predicted molar refractivity (Wildman–Crippen MR) is 131 cm³/mol. The molecule has 0 bridgehead atoms. The molecule has 3 heterocycles. The Kier molecular flexibility index (Phi) is 5.69. The highest BCUT2D eigenvalue weighted by molar-refractivity contribution is 6.07. The molecule has 0 N–H and O–H groups in total. The maximum Gasteiger partial charge on any atom is 0.255 e. The molecule has 1 aliphatic rings. The summed E-state index contributed by atoms with van der Waals surface area (Å²) in [7, 11) is 5.12. The number of benzene rings is 2. The Bertz CT molecular complexity index is 1360. The molecule has 4 aromatic rings. The molecule has 7 heteroatoms. The number of rotatable bonds is 5. The van der Waals surface area contributed by atoms with Gasteiger partial charge in [-0.25, -0.2) is 4.98 Å². The summed E-state index contributed by atoms with van der Waals surface area (Å²) in [5.41, 5.74) is 4.93. The van der Waals surface area contributed by atoms with Crippen LogP contribution in [0.4, 0.5) is 0 Å². The maximum absolute atomic E-state index is 14.1. The van der Waals surface area contributed by atoms with E-state index in [9.17, 15) is 4.79 Å². The molecule has 1 amide bonds. The van der Waals surface area contributed by atoms with Crippen molar-refractivity contribution in [1.29, 1.82) is 0 Å². The van der Waals surface area contributed by atoms with Crippen LogP contribution in [0.1, 0.15) is 40.5 Å². The molecule has 1 atom stereocenters. The first-order chi connectivity index (χ1) is 16.5. The highest BCUT2D eigenvalue weighted by Gasteiger charge is 2.33. The van der Waals surface area contributed by atoms with E-state index in [0.717, 1.165) is 40.7 Å². The second-order valence-electron chi connectivity index (χ2n) is 8.60. The zero-order valence-electron chi connectivity index (χ0n) is 19.9. The van der Waals surface area contributed by atoms with Gasteiger partial charge in [-0.05, 0) is 43.5 Å². The summed E-state index contributed by atoms with van der Waals surface area (Å²) in [4.78, 5) is 20.9. The monoisotopic (exact) mass is 456 g/mol. The van der Waals surface area contributed by atoms with Gasteiger partial charge in [-0.15, -0.1) is 0 Å². The Hall–Kier alpha value is -3.87. The summed E-state index contributed by atoms with van der Waals surface area (Å²) in [5, 5.41) is 5.38. The van der Waals surface area contributed by atoms with Gasteiger partial charge in [0, 0.05) is 19.2 Å². The van der Waals surface area contributed by atoms with E-state index in [1.807, 2.05) is 73.5 Å². The Morgan fingerprint density at radius 3 is 2.53 bits per heavy atom. The van der Waals surface area contributed by atoms with Crippen LogP contribution >= 0.6 is 0 Å². The number of amides is 1. The minimum absolute atomic E-state index is 0.00188. The molecule has 0 spiro atoms. The van der Waals surface area contributed by atoms with Gasteiger partial charge in [-0.2, -0.15) is 5.10 Å². The number of fused-ring (bicyclic) bond motifs is 1. The van der Waals surface area contributed by atoms with E-state index in [-0.39, 0.29) is 11.9 Å². The van der Waals surface area contributed by atoms with Crippen molar-refractivity contribution in [2.45, 2.75) is 25.8 Å². The third-order valence-corrected chi connectivity index (χ3v) is 6.57. The van der Waals surface area contributed by atoms with Gasteiger partial charge in [0.25, 0.3) is 5.91 Å². The van der Waals surface area contributed by atoms with Gasteiger partial charge in [0.2, 0.25) is 0 Å². The Balaban J connectivity index is 1.60. The summed E-state index contributed by atoms with van der Waals surface area (Å²) in [6, 6.07) is 17.7. The number of carbonyl (C=O) groups is 1. The van der Waals surface area contributed by atoms with Gasteiger partial charge in [-0.1, -0.05) is 36.4 Å². The predicted octanol–water partition coefficient (Wildman–Crippen LogP) is 4.94. The van der Waals surface area contributed by atoms with E-state index in [0.29, 0.717) is 29.3 Å². The normalized spacial score (nSPS) is 15.6. The molecule has 1 aliphatic heterocycles. The number of methoxy groups -OCH3 is 2. The zero-order chi connectivity index (χ0) is 23.8. The first kappa shape index (κ1) is 21.9. The average molecular weight is 457 g/mol. The highest BCUT2D eigenvalue weighted by atomic mass is 16.5. The topological polar surface area (TPSA) is 69.5 Å². The summed E-state index contributed by atoms with van der Waals surface area (Å²) in [6.45, 7) is 2.63. The Morgan fingerprint density at radius 1 is 1.03 bits per heavy atom. The van der Waals surface area contributed by atoms with Crippen molar-refractivity contribution >= 4 is 16.9 Å². The molecule has 174 valence electrons. The Morgan fingerprint density at radius 2 is 1.79 bits per heavy atom. The van der Waals surface area contributed by atoms with Gasteiger partial charge >= 0.3 is 0 Å². The van der Waals surface area contributed by atoms with Gasteiger partial charge in [0.1, 0.15) is 0 Å². The quantitative estimate of drug-likeness (QED) is 0.426. The van der Waals surface area contributed by atoms with Crippen LogP contribution in [0.15, 0.2) is 54.6 Å². The van der Waals surface area contributed by atoms with Crippen molar-refractivity contribution < 1.29 is 14.3 Å². The molecule has 2 aromatic carbocycles. The first-order valence-corrected chi connectivity index (χ1v) is 11.4. The number of hydrogen-bond acceptors (Lipinski definition) is 5. The summed E-state index contributed by atoms with van der Waals surface area (Å²) in [5.74, 6) is 1.34. The Labute approximate surface area is 198 Å². The third-order valence-electron chi connectivity index (χ3n) is 6.57. The lowest BCUT2D eigenvalue weighted by Crippen LogP contribution is -2.31. The molecule has 34 heavy (non-hydrogen) atoms. The number of ether oxygens (including phenoxy) is 2. The standard InChI is InChI=1S/C27H28N4O3/c1-17-25-20(16-21(18-9-6-5-7-10-18)28-26(25)30(2)29-17)27(32)31-14-8-11-22(31)19-12-13-23(33-3)24(15-19)34-4/h5-7,9-10,12-13,15-16,22H,8,11,14H2,1-4H3/t22-/m0/s1. The SMILES string of the molecule is COc1ccc([C@@H]2CCCN2C(=O)c2cc(-c3ccccc3)nc3c2c(C)nn3C)cc1OC. The van der Waals surface area contributed by atoms with Crippen LogP contribution in [0, 0.1) is 6.92 Å². The number of hydrogen-bond donors (Lipinski definition) is 0. The molecule has 0 unspecified atom stereocenters. The van der Waals surface area contributed by atoms with E-state index in [2.05, 4.69) is 5.10 Å². The van der Waals surface area contributed by atoms with E-state index in [4.69, 9.17) is 14.5 Å². The van der Waals surface area contributed by atoms with Crippen molar-refractivity contribution in [3.63, 3.8) is 0 Å². The lowest BCUT2D eigenvalue weighted by atomic mass is 10.0. The minimum atomic E-state index is -0.0346. The van der Waals surface area contributed by atoms with E-state index < -0.39 is 0 Å². The molecular weight excluding hydrogens is 428 g/mol. The van der Waals surface area contributed by atoms with Crippen LogP contribution < -0.4 is 9.47 Å². The van der Waals surface area contributed by atoms with Crippen molar-refractivity contribution in [3.8, 4) is 22.8 Å². The molecule has 1 fully saturated rings. The molecule has 0 radical (unpaired) electrons. The van der Waals surface area contributed by atoms with Gasteiger partial charge in [-0.3, -0.25) is 9.48 Å². The van der Waals surface area contributed by atoms with E-state index in [1.165, 1.54) is 0 Å². The highest BCUT2D eigenvalue weighted by Crippen LogP contribution is 2.38. The van der Waals surface area contributed by atoms with Gasteiger partial charge in [0.05, 0.1) is 42.6 Å². The fourth-order valence-corrected chi connectivity index (χ4v) is 4.94. The molecule has 2 aromatic heterocycles. The second kappa shape index (κ2) is 8.82. The number of nitrogens with zero attached hydrogens (tertiary/aromatic N) is 4. The van der Waals surface area contributed by atoms with Crippen molar-refractivity contribution in [2.24, 2.45) is 7.05 Å². The van der Waals surface area contributed by atoms with Gasteiger partial charge in [0.15, 0.2) is 17.1 Å². The van der Waals surface area contributed by atoms with Crippen LogP contribution in [0.2, 0.25) is 0 Å². The summed E-state index contributed by atoms with van der Waals surface area (Å²) >= 11 is 0. The third kappa shape index (κ3) is 3.67. The second-order valence-corrected chi connectivity index (χ2v) is 8.60. The molecular formula is C27H28N4O3. The fraction of sp³-hybridized carbons (Fsp3) is 0.296. The summed E-state index contributed by atoms with van der Waals surface area (Å²) < 4.78 is 12.7. The molecule has 0 saturated carbocycles. The largest absolute Gasteiger partial charge is 0.493 e. The maximum atomic E-state index is 14.1. The van der Waals surface area contributed by atoms with E-state index in [1.54, 1.807) is 18.9 Å². The number of pyridine rings is 1. The number of carbonyl (C=O) groups excluding carboxylic acids is 1. The summed E-state index contributed by atoms with van der Waals surface area (Å²) in [6.07, 6.45) is 1.84. The van der Waals surface area contributed by atoms with Crippen LogP contribution in [0.25, 0.3) is 22.3 Å².